The summed E-state index contributed by atoms with van der Waals surface area (Å²) in [6.07, 6.45) is 0.621. The van der Waals surface area contributed by atoms with E-state index in [9.17, 15) is 22.9 Å². The van der Waals surface area contributed by atoms with Gasteiger partial charge in [0, 0.05) is 25.7 Å². The fourth-order valence-electron chi connectivity index (χ4n) is 2.35. The van der Waals surface area contributed by atoms with Gasteiger partial charge in [0.25, 0.3) is 0 Å². The molecule has 2 rings (SSSR count). The van der Waals surface area contributed by atoms with Gasteiger partial charge >= 0.3 is 5.69 Å². The Morgan fingerprint density at radius 2 is 2.13 bits per heavy atom. The van der Waals surface area contributed by atoms with Crippen molar-refractivity contribution >= 4 is 28.1 Å². The van der Waals surface area contributed by atoms with Crippen LogP contribution in [0.5, 0.6) is 5.75 Å². The van der Waals surface area contributed by atoms with Gasteiger partial charge in [0.05, 0.1) is 16.9 Å². The molecule has 1 heterocycles. The first-order valence-corrected chi connectivity index (χ1v) is 7.93. The molecule has 1 unspecified atom stereocenters. The van der Waals surface area contributed by atoms with E-state index in [2.05, 4.69) is 10.1 Å². The first-order chi connectivity index (χ1) is 10.3. The number of nitro groups is 1. The monoisotopic (exact) mass is 369 g/mol. The molecule has 1 aliphatic heterocycles. The van der Waals surface area contributed by atoms with Crippen LogP contribution in [0.25, 0.3) is 0 Å². The predicted octanol–water partition coefficient (Wildman–Crippen LogP) is 1.15. The Labute approximate surface area is 139 Å². The normalized spacial score (nSPS) is 17.8. The number of halogens is 2. The van der Waals surface area contributed by atoms with Crippen LogP contribution < -0.4 is 10.1 Å². The van der Waals surface area contributed by atoms with Crippen LogP contribution in [0.1, 0.15) is 6.42 Å². The van der Waals surface area contributed by atoms with Crippen molar-refractivity contribution in [3.05, 3.63) is 28.1 Å². The maximum Gasteiger partial charge on any atom is 0.315 e. The van der Waals surface area contributed by atoms with E-state index in [4.69, 9.17) is 0 Å². The highest BCUT2D eigenvalue weighted by Crippen LogP contribution is 2.34. The van der Waals surface area contributed by atoms with Crippen LogP contribution in [0.4, 0.5) is 10.1 Å². The number of benzene rings is 1. The molecule has 1 aromatic carbocycles. The van der Waals surface area contributed by atoms with Crippen molar-refractivity contribution in [1.82, 2.24) is 9.62 Å². The van der Waals surface area contributed by atoms with Crippen molar-refractivity contribution in [3.63, 3.8) is 0 Å². The van der Waals surface area contributed by atoms with E-state index in [1.165, 1.54) is 7.05 Å². The van der Waals surface area contributed by atoms with Crippen molar-refractivity contribution in [3.8, 4) is 5.75 Å². The Morgan fingerprint density at radius 3 is 2.61 bits per heavy atom. The molecule has 1 N–H and O–H groups in total. The average Bonchev–Trinajstić information content (AvgIpc) is 2.99. The van der Waals surface area contributed by atoms with Gasteiger partial charge in [0.2, 0.25) is 15.8 Å². The number of sulfonamides is 1. The average molecular weight is 370 g/mol. The Kier molecular flexibility index (Phi) is 6.28. The molecule has 1 saturated heterocycles. The maximum absolute atomic E-state index is 13.9. The van der Waals surface area contributed by atoms with Crippen molar-refractivity contribution in [2.24, 2.45) is 0 Å². The number of ether oxygens (including phenoxy) is 1. The van der Waals surface area contributed by atoms with Gasteiger partial charge in [-0.2, -0.15) is 4.31 Å². The highest BCUT2D eigenvalue weighted by atomic mass is 35.5. The number of nitrogens with zero attached hydrogens (tertiary/aromatic N) is 2. The van der Waals surface area contributed by atoms with Gasteiger partial charge in [0.15, 0.2) is 5.82 Å². The molecule has 0 amide bonds. The molecule has 23 heavy (non-hydrogen) atoms. The second kappa shape index (κ2) is 7.39. The zero-order valence-corrected chi connectivity index (χ0v) is 14.1. The molecule has 0 spiro atoms. The number of nitro benzene ring substituents is 1. The molecule has 130 valence electrons. The summed E-state index contributed by atoms with van der Waals surface area (Å²) in [5.41, 5.74) is -0.723. The summed E-state index contributed by atoms with van der Waals surface area (Å²) in [5, 5.41) is 14.0. The number of hydrogen-bond acceptors (Lipinski definition) is 6. The second-order valence-corrected chi connectivity index (χ2v) is 6.88. The van der Waals surface area contributed by atoms with Crippen molar-refractivity contribution in [2.75, 3.05) is 27.2 Å². The van der Waals surface area contributed by atoms with E-state index < -0.39 is 37.1 Å². The molecule has 1 aromatic rings. The van der Waals surface area contributed by atoms with Crippen molar-refractivity contribution in [1.29, 1.82) is 0 Å². The molecule has 0 bridgehead atoms. The summed E-state index contributed by atoms with van der Waals surface area (Å²) in [5.74, 6) is -1.68. The number of nitrogens with one attached hydrogen (secondary N) is 1. The van der Waals surface area contributed by atoms with Gasteiger partial charge < -0.3 is 10.1 Å². The van der Waals surface area contributed by atoms with Crippen LogP contribution in [-0.2, 0) is 10.0 Å². The van der Waals surface area contributed by atoms with Crippen molar-refractivity contribution in [2.45, 2.75) is 17.4 Å². The molecule has 11 heteroatoms. The lowest BCUT2D eigenvalue weighted by Crippen LogP contribution is -2.38. The Bertz CT molecular complexity index is 694. The van der Waals surface area contributed by atoms with Gasteiger partial charge in [-0.05, 0) is 19.0 Å². The van der Waals surface area contributed by atoms with Gasteiger partial charge in [-0.1, -0.05) is 0 Å². The fourth-order valence-corrected chi connectivity index (χ4v) is 3.77. The van der Waals surface area contributed by atoms with Crippen molar-refractivity contribution < 1.29 is 22.5 Å². The summed E-state index contributed by atoms with van der Waals surface area (Å²) in [4.78, 5) is 9.64. The standard InChI is InChI=1S/C12H16FN3O5S.ClH/c1-15(8-3-4-14-7-8)22(19,20)9-5-10(13)12(21-2)11(6-9)16(17)18;/h5-6,8,14H,3-4,7H2,1-2H3;1H. The predicted molar refractivity (Wildman–Crippen MR) is 83.1 cm³/mol. The molecule has 0 saturated carbocycles. The molecule has 1 aliphatic rings. The van der Waals surface area contributed by atoms with Crippen LogP contribution in [0.2, 0.25) is 0 Å². The lowest BCUT2D eigenvalue weighted by Gasteiger charge is -2.23. The minimum absolute atomic E-state index is 0. The van der Waals surface area contributed by atoms with E-state index in [0.29, 0.717) is 19.5 Å². The van der Waals surface area contributed by atoms with Crippen LogP contribution in [0.3, 0.4) is 0 Å². The smallest absolute Gasteiger partial charge is 0.315 e. The summed E-state index contributed by atoms with van der Waals surface area (Å²) >= 11 is 0. The Balaban J connectivity index is 0.00000264. The lowest BCUT2D eigenvalue weighted by atomic mass is 10.3. The third-order valence-electron chi connectivity index (χ3n) is 3.62. The molecule has 0 radical (unpaired) electrons. The minimum atomic E-state index is -4.03. The molecule has 0 aliphatic carbocycles. The highest BCUT2D eigenvalue weighted by Gasteiger charge is 2.33. The third kappa shape index (κ3) is 3.71. The number of likely N-dealkylation sites (N-methyl/N-ethyl adjacent to an activating group) is 1. The van der Waals surface area contributed by atoms with Crippen LogP contribution in [0.15, 0.2) is 17.0 Å². The van der Waals surface area contributed by atoms with E-state index in [1.807, 2.05) is 0 Å². The first-order valence-electron chi connectivity index (χ1n) is 6.49. The third-order valence-corrected chi connectivity index (χ3v) is 5.51. The number of rotatable bonds is 5. The Hall–Kier alpha value is -1.49. The number of methoxy groups -OCH3 is 1. The zero-order chi connectivity index (χ0) is 16.5. The summed E-state index contributed by atoms with van der Waals surface area (Å²) < 4.78 is 44.7. The van der Waals surface area contributed by atoms with Gasteiger partial charge in [-0.25, -0.2) is 12.8 Å². The first kappa shape index (κ1) is 19.6. The zero-order valence-electron chi connectivity index (χ0n) is 12.5. The summed E-state index contributed by atoms with van der Waals surface area (Å²) in [6.45, 7) is 1.16. The van der Waals surface area contributed by atoms with Gasteiger partial charge in [0.1, 0.15) is 0 Å². The molecule has 8 nitrogen and oxygen atoms in total. The SMILES string of the molecule is COc1c(F)cc(S(=O)(=O)N(C)C2CCNC2)cc1[N+](=O)[O-].Cl. The molecular weight excluding hydrogens is 353 g/mol. The van der Waals surface area contributed by atoms with Crippen LogP contribution in [0, 0.1) is 15.9 Å². The lowest BCUT2D eigenvalue weighted by molar-refractivity contribution is -0.386. The van der Waals surface area contributed by atoms with Crippen LogP contribution >= 0.6 is 12.4 Å². The van der Waals surface area contributed by atoms with E-state index in [-0.39, 0.29) is 18.4 Å². The highest BCUT2D eigenvalue weighted by molar-refractivity contribution is 7.89. The van der Waals surface area contributed by atoms with Gasteiger partial charge in [-0.15, -0.1) is 12.4 Å². The molecule has 0 aromatic heterocycles. The summed E-state index contributed by atoms with van der Waals surface area (Å²) in [7, 11) is -1.58. The maximum atomic E-state index is 13.9. The van der Waals surface area contributed by atoms with E-state index >= 15 is 0 Å². The molecular formula is C12H17ClFN3O5S. The largest absolute Gasteiger partial charge is 0.488 e. The number of hydrogen-bond donors (Lipinski definition) is 1. The van der Waals surface area contributed by atoms with Crippen LogP contribution in [-0.4, -0.2) is 50.9 Å². The minimum Gasteiger partial charge on any atom is -0.488 e. The Morgan fingerprint density at radius 1 is 1.48 bits per heavy atom. The molecule has 1 fully saturated rings. The van der Waals surface area contributed by atoms with E-state index in [1.54, 1.807) is 0 Å². The topological polar surface area (TPSA) is 102 Å². The second-order valence-electron chi connectivity index (χ2n) is 4.88. The molecule has 1 atom stereocenters. The quantitative estimate of drug-likeness (QED) is 0.617. The fraction of sp³-hybridized carbons (Fsp3) is 0.500. The summed E-state index contributed by atoms with van der Waals surface area (Å²) in [6, 6.07) is 1.28. The van der Waals surface area contributed by atoms with E-state index in [0.717, 1.165) is 23.5 Å². The van der Waals surface area contributed by atoms with Gasteiger partial charge in [-0.3, -0.25) is 10.1 Å².